The highest BCUT2D eigenvalue weighted by molar-refractivity contribution is 6.33. The minimum atomic E-state index is -4.79. The number of allylic oxidation sites excluding steroid dienone is 6. The molecule has 2 aromatic carbocycles. The minimum Gasteiger partial charge on any atom is -0.508 e. The van der Waals surface area contributed by atoms with Crippen molar-refractivity contribution in [3.05, 3.63) is 99.3 Å². The van der Waals surface area contributed by atoms with Gasteiger partial charge in [0.25, 0.3) is 11.8 Å². The van der Waals surface area contributed by atoms with Crippen molar-refractivity contribution in [2.45, 2.75) is 31.9 Å². The molecule has 2 heterocycles. The fourth-order valence-electron chi connectivity index (χ4n) is 7.47. The molecule has 1 fully saturated rings. The summed E-state index contributed by atoms with van der Waals surface area (Å²) in [5.41, 5.74) is 0.512. The molecule has 12 heteroatoms. The van der Waals surface area contributed by atoms with E-state index in [-0.39, 0.29) is 51.9 Å². The lowest BCUT2D eigenvalue weighted by Crippen LogP contribution is -2.46. The van der Waals surface area contributed by atoms with Crippen LogP contribution in [-0.4, -0.2) is 45.5 Å². The summed E-state index contributed by atoms with van der Waals surface area (Å²) in [6.07, 6.45) is -1.64. The largest absolute Gasteiger partial charge is 0.508 e. The molecular formula is C34H25ClF3N3O5. The molecule has 0 bridgehead atoms. The molecule has 7 rings (SSSR count). The van der Waals surface area contributed by atoms with Gasteiger partial charge in [-0.15, -0.1) is 0 Å². The minimum absolute atomic E-state index is 0.00213. The molecule has 3 aromatic rings. The Hall–Kier alpha value is -4.77. The topological polar surface area (TPSA) is 108 Å². The van der Waals surface area contributed by atoms with Gasteiger partial charge in [0.1, 0.15) is 11.4 Å². The number of halogens is 4. The molecule has 1 aromatic heterocycles. The lowest BCUT2D eigenvalue weighted by molar-refractivity contribution is -0.141. The van der Waals surface area contributed by atoms with Crippen LogP contribution in [-0.2, 0) is 25.4 Å². The van der Waals surface area contributed by atoms with Crippen LogP contribution in [0, 0.1) is 17.8 Å². The zero-order chi connectivity index (χ0) is 32.8. The Labute approximate surface area is 265 Å². The van der Waals surface area contributed by atoms with Crippen molar-refractivity contribution >= 4 is 51.6 Å². The van der Waals surface area contributed by atoms with Crippen molar-refractivity contribution < 1.29 is 37.5 Å². The molecule has 46 heavy (non-hydrogen) atoms. The number of aromatic hydroxyl groups is 1. The molecule has 0 saturated carbocycles. The molecule has 234 valence electrons. The molecule has 4 aliphatic rings. The van der Waals surface area contributed by atoms with E-state index in [1.54, 1.807) is 25.1 Å². The summed E-state index contributed by atoms with van der Waals surface area (Å²) >= 11 is 6.21. The molecule has 8 nitrogen and oxygen atoms in total. The molecule has 1 saturated heterocycles. The van der Waals surface area contributed by atoms with Crippen LogP contribution >= 0.6 is 11.6 Å². The Morgan fingerprint density at radius 1 is 1.00 bits per heavy atom. The number of hydrogen-bond donors (Lipinski definition) is 1. The lowest BCUT2D eigenvalue weighted by atomic mass is 9.59. The zero-order valence-corrected chi connectivity index (χ0v) is 25.2. The Morgan fingerprint density at radius 2 is 1.74 bits per heavy atom. The average Bonchev–Trinajstić information content (AvgIpc) is 3.27. The number of hydrogen-bond acceptors (Lipinski definition) is 7. The fraction of sp³-hybridized carbons (Fsp3) is 0.265. The molecule has 0 spiro atoms. The van der Waals surface area contributed by atoms with Crippen LogP contribution in [0.3, 0.4) is 0 Å². The standard InChI is InChI=1S/C34H25ClF3N3O5/c1-15-13-24(43)21-14-20-18(28(29(21)30(15)44)27-17-6-4-3-5-16(17)7-11-23(27)42)8-9-19-26(20)33(46)41(32(19)45)40(2)31-22(35)10-12-25(39-31)34(36,37)38/h3-8,10-13,19-20,26,28,42H,9,14H2,1-2H3/t19-,20+,26-,28+/m0/s1. The number of hydrazine groups is 1. The van der Waals surface area contributed by atoms with Crippen molar-refractivity contribution in [2.24, 2.45) is 17.8 Å². The summed E-state index contributed by atoms with van der Waals surface area (Å²) in [4.78, 5) is 58.9. The van der Waals surface area contributed by atoms with Crippen LogP contribution in [0.2, 0.25) is 5.02 Å². The van der Waals surface area contributed by atoms with Gasteiger partial charge in [0.05, 0.1) is 16.9 Å². The number of carbonyl (C=O) groups is 4. The molecular weight excluding hydrogens is 623 g/mol. The van der Waals surface area contributed by atoms with Gasteiger partial charge in [-0.3, -0.25) is 24.2 Å². The zero-order valence-electron chi connectivity index (χ0n) is 24.4. The monoisotopic (exact) mass is 647 g/mol. The number of rotatable bonds is 3. The smallest absolute Gasteiger partial charge is 0.433 e. The van der Waals surface area contributed by atoms with E-state index in [0.717, 1.165) is 21.5 Å². The van der Waals surface area contributed by atoms with E-state index in [4.69, 9.17) is 11.6 Å². The summed E-state index contributed by atoms with van der Waals surface area (Å²) in [6.45, 7) is 1.56. The molecule has 4 atom stereocenters. The normalized spacial score (nSPS) is 24.5. The number of Topliss-reactive ketones (excluding diaryl/α,β-unsaturated/α-hetero) is 1. The van der Waals surface area contributed by atoms with E-state index >= 15 is 0 Å². The number of pyridine rings is 1. The third kappa shape index (κ3) is 4.32. The maximum absolute atomic E-state index is 14.2. The first-order valence-corrected chi connectivity index (χ1v) is 14.9. The highest BCUT2D eigenvalue weighted by Crippen LogP contribution is 2.57. The number of phenols is 1. The summed E-state index contributed by atoms with van der Waals surface area (Å²) in [6, 6.07) is 12.3. The van der Waals surface area contributed by atoms with Gasteiger partial charge in [0, 0.05) is 35.2 Å². The number of alkyl halides is 3. The van der Waals surface area contributed by atoms with Gasteiger partial charge in [-0.05, 0) is 60.7 Å². The van der Waals surface area contributed by atoms with E-state index in [2.05, 4.69) is 4.98 Å². The van der Waals surface area contributed by atoms with E-state index in [0.29, 0.717) is 22.6 Å². The Bertz CT molecular complexity index is 2020. The Kier molecular flexibility index (Phi) is 6.75. The highest BCUT2D eigenvalue weighted by Gasteiger charge is 2.58. The Morgan fingerprint density at radius 3 is 2.48 bits per heavy atom. The molecule has 1 aliphatic heterocycles. The van der Waals surface area contributed by atoms with Crippen molar-refractivity contribution in [3.8, 4) is 5.75 Å². The number of carbonyl (C=O) groups excluding carboxylic acids is 4. The number of nitrogens with zero attached hydrogens (tertiary/aromatic N) is 3. The highest BCUT2D eigenvalue weighted by atomic mass is 35.5. The van der Waals surface area contributed by atoms with Gasteiger partial charge in [-0.1, -0.05) is 53.6 Å². The number of anilines is 1. The van der Waals surface area contributed by atoms with E-state index in [1.165, 1.54) is 19.2 Å². The molecule has 0 unspecified atom stereocenters. The number of phenolic OH excluding ortho intramolecular Hbond substituents is 1. The molecule has 1 N–H and O–H groups in total. The van der Waals surface area contributed by atoms with E-state index in [9.17, 15) is 37.5 Å². The maximum Gasteiger partial charge on any atom is 0.433 e. The number of amides is 2. The first-order chi connectivity index (χ1) is 21.8. The first kappa shape index (κ1) is 29.9. The summed E-state index contributed by atoms with van der Waals surface area (Å²) < 4.78 is 40.5. The van der Waals surface area contributed by atoms with E-state index in [1.807, 2.05) is 18.2 Å². The van der Waals surface area contributed by atoms with Crippen LogP contribution < -0.4 is 5.01 Å². The number of aromatic nitrogens is 1. The summed E-state index contributed by atoms with van der Waals surface area (Å²) in [7, 11) is 1.24. The SMILES string of the molecule is CC1=CC(=O)C2=C(C1=O)[C@@H](c1c(O)ccc3ccccc13)C1=CC[C@@H]3C(=O)N(N(C)c4nc(C(F)(F)F)ccc4Cl)C(=O)[C@@H]3[C@@H]1C2. The third-order valence-corrected chi connectivity index (χ3v) is 9.80. The average molecular weight is 648 g/mol. The Balaban J connectivity index is 1.36. The fourth-order valence-corrected chi connectivity index (χ4v) is 7.70. The van der Waals surface area contributed by atoms with Crippen LogP contribution in [0.25, 0.3) is 10.8 Å². The molecule has 0 radical (unpaired) electrons. The van der Waals surface area contributed by atoms with Gasteiger partial charge in [-0.2, -0.15) is 18.2 Å². The van der Waals surface area contributed by atoms with Gasteiger partial charge >= 0.3 is 6.18 Å². The number of imide groups is 1. The second-order valence-corrected chi connectivity index (χ2v) is 12.4. The number of fused-ring (bicyclic) bond motifs is 4. The lowest BCUT2D eigenvalue weighted by Gasteiger charge is -2.42. The van der Waals surface area contributed by atoms with Crippen LogP contribution in [0.1, 0.15) is 36.9 Å². The van der Waals surface area contributed by atoms with Crippen molar-refractivity contribution in [1.82, 2.24) is 9.99 Å². The van der Waals surface area contributed by atoms with Crippen molar-refractivity contribution in [2.75, 3.05) is 12.1 Å². The van der Waals surface area contributed by atoms with Crippen LogP contribution in [0.4, 0.5) is 19.0 Å². The third-order valence-electron chi connectivity index (χ3n) is 9.50. The van der Waals surface area contributed by atoms with E-state index < -0.39 is 53.2 Å². The second kappa shape index (κ2) is 10.4. The predicted octanol–water partition coefficient (Wildman–Crippen LogP) is 6.09. The van der Waals surface area contributed by atoms with Crippen LogP contribution in [0.5, 0.6) is 5.75 Å². The first-order valence-electron chi connectivity index (χ1n) is 14.6. The maximum atomic E-state index is 14.2. The predicted molar refractivity (Wildman–Crippen MR) is 161 cm³/mol. The summed E-state index contributed by atoms with van der Waals surface area (Å²) in [5, 5.41) is 14.3. The number of ketones is 2. The van der Waals surface area contributed by atoms with Crippen molar-refractivity contribution in [3.63, 3.8) is 0 Å². The van der Waals surface area contributed by atoms with Gasteiger partial charge in [-0.25, -0.2) is 4.98 Å². The van der Waals surface area contributed by atoms with Gasteiger partial charge in [0.2, 0.25) is 0 Å². The van der Waals surface area contributed by atoms with Gasteiger partial charge < -0.3 is 5.11 Å². The second-order valence-electron chi connectivity index (χ2n) is 12.0. The number of benzene rings is 2. The van der Waals surface area contributed by atoms with Crippen LogP contribution in [0.15, 0.2) is 83.0 Å². The van der Waals surface area contributed by atoms with Crippen molar-refractivity contribution in [1.29, 1.82) is 0 Å². The molecule has 3 aliphatic carbocycles. The molecule has 2 amide bonds. The quantitative estimate of drug-likeness (QED) is 0.208. The van der Waals surface area contributed by atoms with Gasteiger partial charge in [0.15, 0.2) is 17.4 Å². The summed E-state index contributed by atoms with van der Waals surface area (Å²) in [5.74, 6) is -6.05.